The Morgan fingerprint density at radius 3 is 1.77 bits per heavy atom. The van der Waals surface area contributed by atoms with Gasteiger partial charge in [0.05, 0.1) is 12.4 Å². The molecule has 7 heteroatoms. The molecule has 2 aromatic heterocycles. The van der Waals surface area contributed by atoms with Crippen molar-refractivity contribution in [3.05, 3.63) is 24.5 Å². The van der Waals surface area contributed by atoms with E-state index >= 15 is 0 Å². The lowest BCUT2D eigenvalue weighted by molar-refractivity contribution is 0.423. The van der Waals surface area contributed by atoms with Crippen LogP contribution in [0.15, 0.2) is 24.5 Å². The second-order valence-corrected chi connectivity index (χ2v) is 2.02. The van der Waals surface area contributed by atoms with Crippen LogP contribution in [0.25, 0.3) is 0 Å². The summed E-state index contributed by atoms with van der Waals surface area (Å²) in [6, 6.07) is 3.13. The molecule has 0 unspecified atom stereocenters. The second-order valence-electron chi connectivity index (χ2n) is 2.02. The summed E-state index contributed by atoms with van der Waals surface area (Å²) in [5, 5.41) is 21.0. The van der Waals surface area contributed by atoms with E-state index in [0.29, 0.717) is 11.8 Å². The van der Waals surface area contributed by atoms with E-state index in [0.717, 1.165) is 0 Å². The number of hydrogen-bond donors (Lipinski definition) is 0. The molecule has 0 spiro atoms. The van der Waals surface area contributed by atoms with E-state index in [1.54, 1.807) is 12.1 Å². The lowest BCUT2D eigenvalue weighted by atomic mass is 10.6. The summed E-state index contributed by atoms with van der Waals surface area (Å²) in [5.74, 6) is 0.631. The summed E-state index contributed by atoms with van der Waals surface area (Å²) >= 11 is 0. The Kier molecular flexibility index (Phi) is 2.00. The third kappa shape index (κ3) is 1.89. The maximum atomic E-state index is 5.15. The fourth-order valence-corrected chi connectivity index (χ4v) is 0.676. The van der Waals surface area contributed by atoms with Gasteiger partial charge in [-0.15, -0.1) is 10.2 Å². The molecule has 0 saturated carbocycles. The zero-order valence-corrected chi connectivity index (χ0v) is 6.40. The molecule has 13 heavy (non-hydrogen) atoms. The summed E-state index contributed by atoms with van der Waals surface area (Å²) in [7, 11) is 0. The summed E-state index contributed by atoms with van der Waals surface area (Å²) < 4.78 is 5.15. The minimum Gasteiger partial charge on any atom is -0.417 e. The van der Waals surface area contributed by atoms with Crippen LogP contribution in [0.3, 0.4) is 0 Å². The van der Waals surface area contributed by atoms with E-state index in [1.165, 1.54) is 12.4 Å². The highest BCUT2D eigenvalue weighted by Crippen LogP contribution is 2.11. The van der Waals surface area contributed by atoms with Crippen LogP contribution in [-0.2, 0) is 0 Å². The first kappa shape index (κ1) is 7.47. The van der Waals surface area contributed by atoms with Gasteiger partial charge < -0.3 is 4.74 Å². The second kappa shape index (κ2) is 3.48. The Hall–Kier alpha value is -2.18. The van der Waals surface area contributed by atoms with Crippen molar-refractivity contribution in [1.82, 2.24) is 30.8 Å². The topological polar surface area (TPSA) is 86.6 Å². The van der Waals surface area contributed by atoms with Crippen LogP contribution in [-0.4, -0.2) is 30.8 Å². The van der Waals surface area contributed by atoms with Crippen LogP contribution in [0, 0.1) is 0 Å². The van der Waals surface area contributed by atoms with Gasteiger partial charge in [0.1, 0.15) is 0 Å². The standard InChI is InChI=1S/C6H4N6O/c1-3-7-11-9-5(1)13-6-2-4-8-12-10-6/h1-4H. The molecule has 0 saturated heterocycles. The molecule has 2 rings (SSSR count). The van der Waals surface area contributed by atoms with Crippen LogP contribution >= 0.6 is 0 Å². The number of nitrogens with zero attached hydrogens (tertiary/aromatic N) is 6. The van der Waals surface area contributed by atoms with Gasteiger partial charge in [-0.25, -0.2) is 0 Å². The van der Waals surface area contributed by atoms with Crippen molar-refractivity contribution in [1.29, 1.82) is 0 Å². The quantitative estimate of drug-likeness (QED) is 0.628. The van der Waals surface area contributed by atoms with Gasteiger partial charge in [0.15, 0.2) is 0 Å². The molecule has 64 valence electrons. The molecular formula is C6H4N6O. The molecule has 0 atom stereocenters. The molecule has 0 radical (unpaired) electrons. The molecule has 0 aromatic carbocycles. The van der Waals surface area contributed by atoms with Gasteiger partial charge in [-0.3, -0.25) is 0 Å². The highest BCUT2D eigenvalue weighted by atomic mass is 16.5. The molecule has 0 N–H and O–H groups in total. The van der Waals surface area contributed by atoms with Gasteiger partial charge in [-0.2, -0.15) is 0 Å². The van der Waals surface area contributed by atoms with E-state index in [2.05, 4.69) is 30.8 Å². The molecule has 0 aliphatic rings. The van der Waals surface area contributed by atoms with Gasteiger partial charge in [0.25, 0.3) is 0 Å². The fourth-order valence-electron chi connectivity index (χ4n) is 0.676. The van der Waals surface area contributed by atoms with Crippen LogP contribution in [0.4, 0.5) is 0 Å². The lowest BCUT2D eigenvalue weighted by Gasteiger charge is -1.98. The SMILES string of the molecule is c1cc(Oc2ccnnn2)nnn1. The normalized spacial score (nSPS) is 9.54. The first-order valence-electron chi connectivity index (χ1n) is 3.42. The monoisotopic (exact) mass is 176 g/mol. The number of rotatable bonds is 2. The Morgan fingerprint density at radius 1 is 0.846 bits per heavy atom. The summed E-state index contributed by atoms with van der Waals surface area (Å²) in [6.45, 7) is 0. The van der Waals surface area contributed by atoms with Gasteiger partial charge in [-0.05, 0) is 10.4 Å². The van der Waals surface area contributed by atoms with Crippen molar-refractivity contribution in [3.8, 4) is 11.8 Å². The third-order valence-corrected chi connectivity index (χ3v) is 1.17. The zero-order chi connectivity index (χ0) is 8.93. The Labute approximate surface area is 72.8 Å². The van der Waals surface area contributed by atoms with Crippen molar-refractivity contribution in [3.63, 3.8) is 0 Å². The Balaban J connectivity index is 2.16. The van der Waals surface area contributed by atoms with E-state index in [4.69, 9.17) is 4.74 Å². The number of ether oxygens (including phenoxy) is 1. The smallest absolute Gasteiger partial charge is 0.244 e. The molecular weight excluding hydrogens is 172 g/mol. The molecule has 0 fully saturated rings. The predicted octanol–water partition coefficient (Wildman–Crippen LogP) is -0.151. The average Bonchev–Trinajstić information content (AvgIpc) is 2.21. The molecule has 0 amide bonds. The summed E-state index contributed by atoms with van der Waals surface area (Å²) in [6.07, 6.45) is 2.94. The minimum atomic E-state index is 0.315. The van der Waals surface area contributed by atoms with Crippen LogP contribution in [0.2, 0.25) is 0 Å². The largest absolute Gasteiger partial charge is 0.417 e. The van der Waals surface area contributed by atoms with Crippen molar-refractivity contribution in [2.45, 2.75) is 0 Å². The third-order valence-electron chi connectivity index (χ3n) is 1.17. The fraction of sp³-hybridized carbons (Fsp3) is 0. The van der Waals surface area contributed by atoms with E-state index < -0.39 is 0 Å². The van der Waals surface area contributed by atoms with Gasteiger partial charge in [-0.1, -0.05) is 10.2 Å². The Morgan fingerprint density at radius 2 is 1.38 bits per heavy atom. The van der Waals surface area contributed by atoms with Crippen molar-refractivity contribution in [2.75, 3.05) is 0 Å². The first-order chi connectivity index (χ1) is 6.45. The average molecular weight is 176 g/mol. The number of aromatic nitrogens is 6. The Bertz CT molecular complexity index is 328. The molecule has 0 bridgehead atoms. The van der Waals surface area contributed by atoms with Gasteiger partial charge in [0, 0.05) is 12.1 Å². The van der Waals surface area contributed by atoms with Crippen molar-refractivity contribution < 1.29 is 4.74 Å². The van der Waals surface area contributed by atoms with E-state index in [1.807, 2.05) is 0 Å². The summed E-state index contributed by atoms with van der Waals surface area (Å²) in [4.78, 5) is 0. The number of hydrogen-bond acceptors (Lipinski definition) is 7. The summed E-state index contributed by atoms with van der Waals surface area (Å²) in [5.41, 5.74) is 0. The maximum absolute atomic E-state index is 5.15. The lowest BCUT2D eigenvalue weighted by Crippen LogP contribution is -1.94. The van der Waals surface area contributed by atoms with Crippen LogP contribution < -0.4 is 4.74 Å². The van der Waals surface area contributed by atoms with Gasteiger partial charge in [0.2, 0.25) is 11.8 Å². The maximum Gasteiger partial charge on any atom is 0.244 e. The van der Waals surface area contributed by atoms with E-state index in [9.17, 15) is 0 Å². The van der Waals surface area contributed by atoms with Crippen LogP contribution in [0.1, 0.15) is 0 Å². The van der Waals surface area contributed by atoms with Crippen LogP contribution in [0.5, 0.6) is 11.8 Å². The van der Waals surface area contributed by atoms with E-state index in [-0.39, 0.29) is 0 Å². The van der Waals surface area contributed by atoms with Crippen molar-refractivity contribution >= 4 is 0 Å². The highest BCUT2D eigenvalue weighted by Gasteiger charge is 1.98. The zero-order valence-electron chi connectivity index (χ0n) is 6.40. The first-order valence-corrected chi connectivity index (χ1v) is 3.42. The van der Waals surface area contributed by atoms with Gasteiger partial charge >= 0.3 is 0 Å². The molecule has 0 aliphatic carbocycles. The highest BCUT2D eigenvalue weighted by molar-refractivity contribution is 5.13. The molecule has 2 aromatic rings. The predicted molar refractivity (Wildman–Crippen MR) is 39.7 cm³/mol. The minimum absolute atomic E-state index is 0.315. The molecule has 7 nitrogen and oxygen atoms in total. The molecule has 2 heterocycles. The van der Waals surface area contributed by atoms with Crippen molar-refractivity contribution in [2.24, 2.45) is 0 Å². The molecule has 0 aliphatic heterocycles.